The zero-order valence-corrected chi connectivity index (χ0v) is 12.0. The maximum absolute atomic E-state index is 5.86. The average molecular weight is 268 g/mol. The first-order chi connectivity index (χ1) is 8.70. The maximum atomic E-state index is 5.86. The SMILES string of the molecule is Cc1cc(CCl)ccc1N(C)CC1CCCOC1. The Hall–Kier alpha value is -0.730. The topological polar surface area (TPSA) is 12.5 Å². The Morgan fingerprint density at radius 2 is 2.28 bits per heavy atom. The van der Waals surface area contributed by atoms with E-state index in [0.29, 0.717) is 11.8 Å². The summed E-state index contributed by atoms with van der Waals surface area (Å²) in [5, 5.41) is 0. The van der Waals surface area contributed by atoms with Crippen molar-refractivity contribution in [2.45, 2.75) is 25.6 Å². The molecule has 0 spiro atoms. The molecule has 2 nitrogen and oxygen atoms in total. The molecule has 1 aliphatic heterocycles. The number of rotatable bonds is 4. The molecule has 0 saturated carbocycles. The molecule has 2 rings (SSSR count). The van der Waals surface area contributed by atoms with Crippen molar-refractivity contribution in [3.63, 3.8) is 0 Å². The number of alkyl halides is 1. The van der Waals surface area contributed by atoms with Gasteiger partial charge in [0.2, 0.25) is 0 Å². The van der Waals surface area contributed by atoms with Crippen LogP contribution in [0.1, 0.15) is 24.0 Å². The summed E-state index contributed by atoms with van der Waals surface area (Å²) in [6.45, 7) is 5.06. The monoisotopic (exact) mass is 267 g/mol. The first-order valence-corrected chi connectivity index (χ1v) is 7.18. The lowest BCUT2D eigenvalue weighted by atomic mass is 10.0. The van der Waals surface area contributed by atoms with Crippen molar-refractivity contribution in [2.24, 2.45) is 5.92 Å². The molecule has 1 unspecified atom stereocenters. The van der Waals surface area contributed by atoms with Crippen molar-refractivity contribution in [1.82, 2.24) is 0 Å². The molecule has 1 atom stereocenters. The van der Waals surface area contributed by atoms with Crippen molar-refractivity contribution in [1.29, 1.82) is 0 Å². The third-order valence-electron chi connectivity index (χ3n) is 3.61. The van der Waals surface area contributed by atoms with Gasteiger partial charge in [-0.1, -0.05) is 12.1 Å². The van der Waals surface area contributed by atoms with Gasteiger partial charge in [-0.05, 0) is 42.9 Å². The number of hydrogen-bond donors (Lipinski definition) is 0. The zero-order valence-electron chi connectivity index (χ0n) is 11.3. The molecule has 1 heterocycles. The van der Waals surface area contributed by atoms with E-state index in [0.717, 1.165) is 19.8 Å². The molecule has 0 aromatic heterocycles. The summed E-state index contributed by atoms with van der Waals surface area (Å²) in [6, 6.07) is 6.47. The second kappa shape index (κ2) is 6.44. The fourth-order valence-corrected chi connectivity index (χ4v) is 2.83. The lowest BCUT2D eigenvalue weighted by Gasteiger charge is -2.29. The molecule has 3 heteroatoms. The highest BCUT2D eigenvalue weighted by atomic mass is 35.5. The molecule has 0 radical (unpaired) electrons. The van der Waals surface area contributed by atoms with Crippen molar-refractivity contribution in [3.8, 4) is 0 Å². The summed E-state index contributed by atoms with van der Waals surface area (Å²) in [5.74, 6) is 1.25. The lowest BCUT2D eigenvalue weighted by molar-refractivity contribution is 0.0576. The summed E-state index contributed by atoms with van der Waals surface area (Å²) in [7, 11) is 2.16. The third kappa shape index (κ3) is 3.39. The Balaban J connectivity index is 2.01. The summed E-state index contributed by atoms with van der Waals surface area (Å²) in [5.41, 5.74) is 3.79. The minimum absolute atomic E-state index is 0.585. The van der Waals surface area contributed by atoms with E-state index in [1.165, 1.54) is 29.7 Å². The first kappa shape index (κ1) is 13.7. The molecule has 1 aromatic rings. The molecule has 1 aromatic carbocycles. The van der Waals surface area contributed by atoms with Gasteiger partial charge in [-0.3, -0.25) is 0 Å². The highest BCUT2D eigenvalue weighted by Crippen LogP contribution is 2.23. The largest absolute Gasteiger partial charge is 0.381 e. The van der Waals surface area contributed by atoms with E-state index in [2.05, 4.69) is 37.1 Å². The van der Waals surface area contributed by atoms with Crippen molar-refractivity contribution in [2.75, 3.05) is 31.7 Å². The van der Waals surface area contributed by atoms with Crippen LogP contribution in [0, 0.1) is 12.8 Å². The van der Waals surface area contributed by atoms with Crippen molar-refractivity contribution >= 4 is 17.3 Å². The Bertz CT molecular complexity index is 388. The molecule has 1 fully saturated rings. The van der Waals surface area contributed by atoms with Crippen LogP contribution in [-0.4, -0.2) is 26.8 Å². The number of anilines is 1. The van der Waals surface area contributed by atoms with Crippen LogP contribution in [-0.2, 0) is 10.6 Å². The van der Waals surface area contributed by atoms with Crippen LogP contribution in [0.4, 0.5) is 5.69 Å². The number of benzene rings is 1. The van der Waals surface area contributed by atoms with Gasteiger partial charge in [-0.2, -0.15) is 0 Å². The van der Waals surface area contributed by atoms with Gasteiger partial charge in [0.15, 0.2) is 0 Å². The molecular formula is C15H22ClNO. The van der Waals surface area contributed by atoms with Gasteiger partial charge < -0.3 is 9.64 Å². The summed E-state index contributed by atoms with van der Waals surface area (Å²) in [4.78, 5) is 2.34. The van der Waals surface area contributed by atoms with Crippen molar-refractivity contribution < 1.29 is 4.74 Å². The Morgan fingerprint density at radius 3 is 2.89 bits per heavy atom. The van der Waals surface area contributed by atoms with Crippen LogP contribution in [0.5, 0.6) is 0 Å². The van der Waals surface area contributed by atoms with Gasteiger partial charge in [-0.25, -0.2) is 0 Å². The minimum Gasteiger partial charge on any atom is -0.381 e. The molecule has 1 saturated heterocycles. The summed E-state index contributed by atoms with van der Waals surface area (Å²) < 4.78 is 5.54. The number of aryl methyl sites for hydroxylation is 1. The third-order valence-corrected chi connectivity index (χ3v) is 3.92. The molecular weight excluding hydrogens is 246 g/mol. The Labute approximate surface area is 115 Å². The van der Waals surface area contributed by atoms with Crippen LogP contribution in [0.15, 0.2) is 18.2 Å². The first-order valence-electron chi connectivity index (χ1n) is 6.65. The van der Waals surface area contributed by atoms with Crippen LogP contribution >= 0.6 is 11.6 Å². The highest BCUT2D eigenvalue weighted by molar-refractivity contribution is 6.17. The molecule has 0 aliphatic carbocycles. The molecule has 18 heavy (non-hydrogen) atoms. The Morgan fingerprint density at radius 1 is 1.44 bits per heavy atom. The van der Waals surface area contributed by atoms with E-state index in [1.54, 1.807) is 0 Å². The maximum Gasteiger partial charge on any atom is 0.0511 e. The fourth-order valence-electron chi connectivity index (χ4n) is 2.67. The highest BCUT2D eigenvalue weighted by Gasteiger charge is 2.16. The standard InChI is InChI=1S/C15H22ClNO/c1-12-8-13(9-16)5-6-15(12)17(2)10-14-4-3-7-18-11-14/h5-6,8,14H,3-4,7,9-11H2,1-2H3. The van der Waals surface area contributed by atoms with Gasteiger partial charge in [0.1, 0.15) is 0 Å². The predicted molar refractivity (Wildman–Crippen MR) is 77.5 cm³/mol. The number of ether oxygens (including phenoxy) is 1. The summed E-state index contributed by atoms with van der Waals surface area (Å²) in [6.07, 6.45) is 2.48. The van der Waals surface area contributed by atoms with Gasteiger partial charge in [0.05, 0.1) is 6.61 Å². The minimum atomic E-state index is 0.585. The van der Waals surface area contributed by atoms with E-state index < -0.39 is 0 Å². The summed E-state index contributed by atoms with van der Waals surface area (Å²) >= 11 is 5.86. The molecule has 0 amide bonds. The van der Waals surface area contributed by atoms with Gasteiger partial charge in [-0.15, -0.1) is 11.6 Å². The van der Waals surface area contributed by atoms with Gasteiger partial charge in [0.25, 0.3) is 0 Å². The smallest absolute Gasteiger partial charge is 0.0511 e. The normalized spacial score (nSPS) is 19.8. The van der Waals surface area contributed by atoms with Crippen LogP contribution in [0.3, 0.4) is 0 Å². The van der Waals surface area contributed by atoms with E-state index in [9.17, 15) is 0 Å². The zero-order chi connectivity index (χ0) is 13.0. The number of nitrogens with zero attached hydrogens (tertiary/aromatic N) is 1. The van der Waals surface area contributed by atoms with Crippen LogP contribution < -0.4 is 4.90 Å². The van der Waals surface area contributed by atoms with Crippen LogP contribution in [0.2, 0.25) is 0 Å². The van der Waals surface area contributed by atoms with E-state index in [4.69, 9.17) is 16.3 Å². The molecule has 1 aliphatic rings. The van der Waals surface area contributed by atoms with Crippen molar-refractivity contribution in [3.05, 3.63) is 29.3 Å². The van der Waals surface area contributed by atoms with E-state index in [1.807, 2.05) is 0 Å². The number of halogens is 1. The second-order valence-electron chi connectivity index (χ2n) is 5.22. The second-order valence-corrected chi connectivity index (χ2v) is 5.49. The molecule has 0 N–H and O–H groups in total. The predicted octanol–water partition coefficient (Wildman–Crippen LogP) is 3.60. The Kier molecular flexibility index (Phi) is 4.90. The lowest BCUT2D eigenvalue weighted by Crippen LogP contribution is -2.31. The quantitative estimate of drug-likeness (QED) is 0.773. The molecule has 0 bridgehead atoms. The van der Waals surface area contributed by atoms with Gasteiger partial charge in [0, 0.05) is 31.8 Å². The fraction of sp³-hybridized carbons (Fsp3) is 0.600. The van der Waals surface area contributed by atoms with E-state index >= 15 is 0 Å². The average Bonchev–Trinajstić information content (AvgIpc) is 2.39. The number of hydrogen-bond acceptors (Lipinski definition) is 2. The molecule has 100 valence electrons. The van der Waals surface area contributed by atoms with Gasteiger partial charge >= 0.3 is 0 Å². The van der Waals surface area contributed by atoms with Crippen LogP contribution in [0.25, 0.3) is 0 Å². The van der Waals surface area contributed by atoms with E-state index in [-0.39, 0.29) is 0 Å².